The molecule has 0 bridgehead atoms. The molecule has 1 heterocycles. The zero-order valence-corrected chi connectivity index (χ0v) is 13.3. The summed E-state index contributed by atoms with van der Waals surface area (Å²) in [6, 6.07) is 14.9. The number of rotatable bonds is 5. The van der Waals surface area contributed by atoms with Crippen LogP contribution in [0.4, 0.5) is 0 Å². The first-order valence-corrected chi connectivity index (χ1v) is 7.65. The minimum atomic E-state index is -0.779. The number of aryl methyl sites for hydroxylation is 1. The van der Waals surface area contributed by atoms with Gasteiger partial charge in [-0.15, -0.1) is 0 Å². The molecule has 0 amide bonds. The Morgan fingerprint density at radius 3 is 2.43 bits per heavy atom. The molecule has 0 spiro atoms. The Bertz CT molecular complexity index is 879. The van der Waals surface area contributed by atoms with E-state index in [-0.39, 0.29) is 12.2 Å². The van der Waals surface area contributed by atoms with Crippen LogP contribution in [0.5, 0.6) is 5.75 Å². The summed E-state index contributed by atoms with van der Waals surface area (Å²) in [5.41, 5.74) is 2.35. The molecule has 5 heteroatoms. The number of imidazole rings is 1. The Hall–Kier alpha value is -2.53. The third-order valence-electron chi connectivity index (χ3n) is 4.08. The summed E-state index contributed by atoms with van der Waals surface area (Å²) in [6.45, 7) is 2.75. The van der Waals surface area contributed by atoms with Crippen molar-refractivity contribution in [2.45, 2.75) is 26.1 Å². The molecule has 1 aromatic heterocycles. The number of hydrogen-bond donors (Lipinski definition) is 1. The van der Waals surface area contributed by atoms with Gasteiger partial charge in [0.05, 0.1) is 30.8 Å². The highest BCUT2D eigenvalue weighted by Crippen LogP contribution is 2.22. The highest BCUT2D eigenvalue weighted by molar-refractivity contribution is 5.76. The normalized spacial score (nSPS) is 12.5. The van der Waals surface area contributed by atoms with Crippen LogP contribution in [0, 0.1) is 0 Å². The third-order valence-corrected chi connectivity index (χ3v) is 4.08. The number of methoxy groups -OCH3 is 1. The van der Waals surface area contributed by atoms with E-state index in [1.165, 1.54) is 0 Å². The van der Waals surface area contributed by atoms with Crippen molar-refractivity contribution >= 4 is 11.0 Å². The van der Waals surface area contributed by atoms with Crippen molar-refractivity contribution < 1.29 is 9.84 Å². The summed E-state index contributed by atoms with van der Waals surface area (Å²) < 4.78 is 8.53. The van der Waals surface area contributed by atoms with Crippen molar-refractivity contribution in [3.8, 4) is 5.75 Å². The first kappa shape index (κ1) is 15.4. The SMILES string of the molecule is CCn1c(=O)n(CC(O)c2cccc(OC)c2)c2ccccc21. The molecule has 2 aromatic carbocycles. The van der Waals surface area contributed by atoms with Crippen LogP contribution >= 0.6 is 0 Å². The van der Waals surface area contributed by atoms with Gasteiger partial charge in [0.2, 0.25) is 0 Å². The van der Waals surface area contributed by atoms with E-state index in [1.54, 1.807) is 22.3 Å². The van der Waals surface area contributed by atoms with E-state index in [0.717, 1.165) is 16.6 Å². The van der Waals surface area contributed by atoms with E-state index >= 15 is 0 Å². The standard InChI is InChI=1S/C18H20N2O3/c1-3-19-15-9-4-5-10-16(15)20(18(19)22)12-17(21)13-7-6-8-14(11-13)23-2/h4-11,17,21H,3,12H2,1-2H3. The topological polar surface area (TPSA) is 56.4 Å². The highest BCUT2D eigenvalue weighted by Gasteiger charge is 2.16. The fourth-order valence-corrected chi connectivity index (χ4v) is 2.88. The van der Waals surface area contributed by atoms with Crippen molar-refractivity contribution in [1.82, 2.24) is 9.13 Å². The number of para-hydroxylation sites is 2. The van der Waals surface area contributed by atoms with Crippen LogP contribution in [-0.4, -0.2) is 21.4 Å². The number of nitrogens with zero attached hydrogens (tertiary/aromatic N) is 2. The Labute approximate surface area is 134 Å². The summed E-state index contributed by atoms with van der Waals surface area (Å²) in [5.74, 6) is 0.685. The van der Waals surface area contributed by atoms with Gasteiger partial charge in [-0.3, -0.25) is 9.13 Å². The fourth-order valence-electron chi connectivity index (χ4n) is 2.88. The molecule has 0 aliphatic carbocycles. The third kappa shape index (κ3) is 2.75. The molecule has 0 saturated heterocycles. The first-order chi connectivity index (χ1) is 11.2. The Kier molecular flexibility index (Phi) is 4.21. The average molecular weight is 312 g/mol. The highest BCUT2D eigenvalue weighted by atomic mass is 16.5. The van der Waals surface area contributed by atoms with Gasteiger partial charge >= 0.3 is 5.69 Å². The van der Waals surface area contributed by atoms with Crippen molar-refractivity contribution in [3.05, 3.63) is 64.6 Å². The molecule has 1 atom stereocenters. The zero-order chi connectivity index (χ0) is 16.4. The van der Waals surface area contributed by atoms with E-state index in [1.807, 2.05) is 49.4 Å². The molecular formula is C18H20N2O3. The van der Waals surface area contributed by atoms with Crippen molar-refractivity contribution in [1.29, 1.82) is 0 Å². The quantitative estimate of drug-likeness (QED) is 0.788. The number of hydrogen-bond acceptors (Lipinski definition) is 3. The van der Waals surface area contributed by atoms with Gasteiger partial charge in [-0.1, -0.05) is 24.3 Å². The van der Waals surface area contributed by atoms with Gasteiger partial charge in [0.1, 0.15) is 5.75 Å². The molecule has 3 rings (SSSR count). The molecule has 0 aliphatic rings. The molecule has 0 saturated carbocycles. The van der Waals surface area contributed by atoms with Crippen LogP contribution in [0.3, 0.4) is 0 Å². The molecule has 5 nitrogen and oxygen atoms in total. The van der Waals surface area contributed by atoms with E-state index in [0.29, 0.717) is 12.3 Å². The lowest BCUT2D eigenvalue weighted by atomic mass is 10.1. The number of aliphatic hydroxyl groups is 1. The second-order valence-electron chi connectivity index (χ2n) is 5.42. The minimum absolute atomic E-state index is 0.101. The molecule has 0 fully saturated rings. The second-order valence-corrected chi connectivity index (χ2v) is 5.42. The van der Waals surface area contributed by atoms with Gasteiger partial charge in [-0.25, -0.2) is 4.79 Å². The Morgan fingerprint density at radius 1 is 1.09 bits per heavy atom. The number of aliphatic hydroxyl groups excluding tert-OH is 1. The first-order valence-electron chi connectivity index (χ1n) is 7.65. The largest absolute Gasteiger partial charge is 0.497 e. The molecule has 3 aromatic rings. The lowest BCUT2D eigenvalue weighted by molar-refractivity contribution is 0.156. The van der Waals surface area contributed by atoms with Gasteiger partial charge in [0.25, 0.3) is 0 Å². The van der Waals surface area contributed by atoms with Crippen LogP contribution in [-0.2, 0) is 13.1 Å². The summed E-state index contributed by atoms with van der Waals surface area (Å²) in [4.78, 5) is 12.6. The Morgan fingerprint density at radius 2 is 1.78 bits per heavy atom. The van der Waals surface area contributed by atoms with Crippen molar-refractivity contribution in [3.63, 3.8) is 0 Å². The number of aromatic nitrogens is 2. The number of fused-ring (bicyclic) bond motifs is 1. The maximum Gasteiger partial charge on any atom is 0.329 e. The predicted molar refractivity (Wildman–Crippen MR) is 89.8 cm³/mol. The average Bonchev–Trinajstić information content (AvgIpc) is 2.86. The lowest BCUT2D eigenvalue weighted by Gasteiger charge is -2.13. The van der Waals surface area contributed by atoms with Crippen LogP contribution < -0.4 is 10.4 Å². The van der Waals surface area contributed by atoms with Crippen LogP contribution in [0.15, 0.2) is 53.3 Å². The number of ether oxygens (including phenoxy) is 1. The van der Waals surface area contributed by atoms with E-state index in [4.69, 9.17) is 4.74 Å². The molecule has 0 radical (unpaired) electrons. The summed E-state index contributed by atoms with van der Waals surface area (Å²) in [6.07, 6.45) is -0.779. The smallest absolute Gasteiger partial charge is 0.329 e. The van der Waals surface area contributed by atoms with Gasteiger partial charge in [0.15, 0.2) is 0 Å². The van der Waals surface area contributed by atoms with Crippen molar-refractivity contribution in [2.75, 3.05) is 7.11 Å². The molecule has 1 unspecified atom stereocenters. The van der Waals surface area contributed by atoms with Crippen molar-refractivity contribution in [2.24, 2.45) is 0 Å². The number of benzene rings is 2. The van der Waals surface area contributed by atoms with Gasteiger partial charge in [-0.2, -0.15) is 0 Å². The van der Waals surface area contributed by atoms with Gasteiger partial charge in [-0.05, 0) is 36.8 Å². The fraction of sp³-hybridized carbons (Fsp3) is 0.278. The van der Waals surface area contributed by atoms with E-state index in [9.17, 15) is 9.90 Å². The molecule has 23 heavy (non-hydrogen) atoms. The summed E-state index contributed by atoms with van der Waals surface area (Å²) in [7, 11) is 1.59. The molecule has 120 valence electrons. The maximum absolute atomic E-state index is 12.6. The second kappa shape index (κ2) is 6.30. The zero-order valence-electron chi connectivity index (χ0n) is 13.3. The summed E-state index contributed by atoms with van der Waals surface area (Å²) in [5, 5.41) is 10.5. The summed E-state index contributed by atoms with van der Waals surface area (Å²) >= 11 is 0. The van der Waals surface area contributed by atoms with Crippen LogP contribution in [0.1, 0.15) is 18.6 Å². The van der Waals surface area contributed by atoms with E-state index < -0.39 is 6.10 Å². The van der Waals surface area contributed by atoms with Crippen LogP contribution in [0.25, 0.3) is 11.0 Å². The minimum Gasteiger partial charge on any atom is -0.497 e. The molecule has 0 aliphatic heterocycles. The molecular weight excluding hydrogens is 292 g/mol. The van der Waals surface area contributed by atoms with Crippen LogP contribution in [0.2, 0.25) is 0 Å². The van der Waals surface area contributed by atoms with Gasteiger partial charge in [0, 0.05) is 6.54 Å². The van der Waals surface area contributed by atoms with E-state index in [2.05, 4.69) is 0 Å². The molecule has 1 N–H and O–H groups in total. The van der Waals surface area contributed by atoms with Gasteiger partial charge < -0.3 is 9.84 Å². The lowest BCUT2D eigenvalue weighted by Crippen LogP contribution is -2.26. The Balaban J connectivity index is 2.01. The maximum atomic E-state index is 12.6. The monoisotopic (exact) mass is 312 g/mol. The predicted octanol–water partition coefficient (Wildman–Crippen LogP) is 2.57.